The number of benzene rings is 1. The average molecular weight is 352 g/mol. The fraction of sp³-hybridized carbons (Fsp3) is 0.294. The van der Waals surface area contributed by atoms with Gasteiger partial charge in [0.25, 0.3) is 5.91 Å². The minimum atomic E-state index is -4.49. The predicted octanol–water partition coefficient (Wildman–Crippen LogP) is 2.75. The first kappa shape index (κ1) is 17.2. The maximum atomic E-state index is 12.9. The summed E-state index contributed by atoms with van der Waals surface area (Å²) in [5.41, 5.74) is -0.406. The summed E-state index contributed by atoms with van der Waals surface area (Å²) in [4.78, 5) is 17.7. The van der Waals surface area contributed by atoms with E-state index in [0.717, 1.165) is 12.1 Å². The van der Waals surface area contributed by atoms with Crippen LogP contribution in [-0.4, -0.2) is 38.7 Å². The molecule has 2 atom stereocenters. The van der Waals surface area contributed by atoms with E-state index in [9.17, 15) is 28.2 Å². The van der Waals surface area contributed by atoms with E-state index < -0.39 is 29.8 Å². The number of rotatable bonds is 2. The average Bonchev–Trinajstić information content (AvgIpc) is 2.95. The van der Waals surface area contributed by atoms with Gasteiger partial charge in [-0.1, -0.05) is 12.1 Å². The monoisotopic (exact) mass is 352 g/mol. The highest BCUT2D eigenvalue weighted by Crippen LogP contribution is 2.37. The van der Waals surface area contributed by atoms with Crippen LogP contribution in [0.15, 0.2) is 42.7 Å². The molecule has 1 saturated heterocycles. The van der Waals surface area contributed by atoms with Crippen molar-refractivity contribution in [3.63, 3.8) is 0 Å². The van der Waals surface area contributed by atoms with Gasteiger partial charge >= 0.3 is 6.18 Å². The van der Waals surface area contributed by atoms with Gasteiger partial charge < -0.3 is 15.1 Å². The Morgan fingerprint density at radius 2 is 2.00 bits per heavy atom. The van der Waals surface area contributed by atoms with Gasteiger partial charge in [-0.05, 0) is 30.2 Å². The van der Waals surface area contributed by atoms with Crippen molar-refractivity contribution in [2.75, 3.05) is 6.54 Å². The smallest absolute Gasteiger partial charge is 0.416 e. The lowest BCUT2D eigenvalue weighted by molar-refractivity contribution is -0.137. The van der Waals surface area contributed by atoms with Crippen LogP contribution in [-0.2, 0) is 6.18 Å². The lowest BCUT2D eigenvalue weighted by Gasteiger charge is -2.25. The van der Waals surface area contributed by atoms with Crippen molar-refractivity contribution in [2.24, 2.45) is 0 Å². The number of halogens is 3. The van der Waals surface area contributed by atoms with E-state index in [2.05, 4.69) is 4.98 Å². The molecule has 1 amide bonds. The third kappa shape index (κ3) is 3.58. The number of amides is 1. The van der Waals surface area contributed by atoms with Gasteiger partial charge in [0.2, 0.25) is 0 Å². The van der Waals surface area contributed by atoms with E-state index in [0.29, 0.717) is 5.56 Å². The van der Waals surface area contributed by atoms with E-state index in [1.165, 1.54) is 35.5 Å². The highest BCUT2D eigenvalue weighted by molar-refractivity contribution is 5.94. The Morgan fingerprint density at radius 3 is 2.68 bits per heavy atom. The number of aromatic hydroxyl groups is 1. The van der Waals surface area contributed by atoms with Crippen LogP contribution in [0.2, 0.25) is 0 Å². The molecule has 2 aromatic rings. The molecule has 2 N–H and O–H groups in total. The largest absolute Gasteiger partial charge is 0.506 e. The second kappa shape index (κ2) is 6.36. The normalized spacial score (nSPS) is 20.7. The molecule has 3 rings (SSSR count). The number of aliphatic hydroxyl groups is 1. The summed E-state index contributed by atoms with van der Waals surface area (Å²) in [6.07, 6.45) is -2.76. The Balaban J connectivity index is 1.94. The fourth-order valence-electron chi connectivity index (χ4n) is 2.99. The molecule has 5 nitrogen and oxygen atoms in total. The molecule has 1 aromatic heterocycles. The lowest BCUT2D eigenvalue weighted by atomic mass is 10.0. The molecule has 2 heterocycles. The molecule has 132 valence electrons. The van der Waals surface area contributed by atoms with Crippen molar-refractivity contribution in [2.45, 2.75) is 24.7 Å². The minimum Gasteiger partial charge on any atom is -0.506 e. The molecule has 25 heavy (non-hydrogen) atoms. The summed E-state index contributed by atoms with van der Waals surface area (Å²) in [6, 6.07) is 5.26. The maximum absolute atomic E-state index is 12.9. The molecule has 0 bridgehead atoms. The summed E-state index contributed by atoms with van der Waals surface area (Å²) in [5, 5.41) is 19.4. The number of hydrogen-bond donors (Lipinski definition) is 2. The van der Waals surface area contributed by atoms with Crippen LogP contribution >= 0.6 is 0 Å². The topological polar surface area (TPSA) is 73.7 Å². The van der Waals surface area contributed by atoms with Crippen molar-refractivity contribution in [3.05, 3.63) is 59.4 Å². The molecule has 0 aliphatic carbocycles. The van der Waals surface area contributed by atoms with Gasteiger partial charge in [0.15, 0.2) is 0 Å². The summed E-state index contributed by atoms with van der Waals surface area (Å²) in [5.74, 6) is -0.705. The van der Waals surface area contributed by atoms with Crippen LogP contribution in [0.3, 0.4) is 0 Å². The van der Waals surface area contributed by atoms with E-state index in [-0.39, 0.29) is 24.3 Å². The summed E-state index contributed by atoms with van der Waals surface area (Å²) in [7, 11) is 0. The Kier molecular flexibility index (Phi) is 4.38. The summed E-state index contributed by atoms with van der Waals surface area (Å²) in [6.45, 7) is -0.00456. The molecule has 1 aliphatic rings. The number of likely N-dealkylation sites (tertiary alicyclic amines) is 1. The van der Waals surface area contributed by atoms with Gasteiger partial charge in [0, 0.05) is 12.7 Å². The van der Waals surface area contributed by atoms with Gasteiger partial charge in [-0.3, -0.25) is 9.78 Å². The third-order valence-electron chi connectivity index (χ3n) is 4.11. The first-order chi connectivity index (χ1) is 11.8. The number of alkyl halides is 3. The zero-order valence-electron chi connectivity index (χ0n) is 12.9. The molecular weight excluding hydrogens is 337 g/mol. The van der Waals surface area contributed by atoms with Crippen molar-refractivity contribution >= 4 is 5.91 Å². The predicted molar refractivity (Wildman–Crippen MR) is 81.7 cm³/mol. The second-order valence-electron chi connectivity index (χ2n) is 5.92. The quantitative estimate of drug-likeness (QED) is 0.872. The van der Waals surface area contributed by atoms with Crippen molar-refractivity contribution in [1.82, 2.24) is 9.88 Å². The number of pyridine rings is 1. The lowest BCUT2D eigenvalue weighted by Crippen LogP contribution is -2.32. The van der Waals surface area contributed by atoms with Crippen molar-refractivity contribution in [1.29, 1.82) is 0 Å². The Labute approximate surface area is 141 Å². The number of β-amino-alcohol motifs (C(OH)–C–C–N with tert-alkyl or cyclic N) is 1. The number of carbonyl (C=O) groups is 1. The number of aliphatic hydroxyl groups excluding tert-OH is 1. The number of hydrogen-bond acceptors (Lipinski definition) is 4. The Hall–Kier alpha value is -2.61. The Morgan fingerprint density at radius 1 is 1.24 bits per heavy atom. The standard InChI is InChI=1S/C17H15F3N2O3/c18-17(19,20)12-3-1-2-10(4-12)15-6-14(24)9-22(15)16(25)11-5-13(23)8-21-7-11/h1-5,7-8,14-15,23-24H,6,9H2/t14-,15+/m0/s1. The molecule has 1 aromatic carbocycles. The van der Waals surface area contributed by atoms with E-state index in [4.69, 9.17) is 0 Å². The first-order valence-corrected chi connectivity index (χ1v) is 7.56. The van der Waals surface area contributed by atoms with E-state index in [1.807, 2.05) is 0 Å². The fourth-order valence-corrected chi connectivity index (χ4v) is 2.99. The van der Waals surface area contributed by atoms with Gasteiger partial charge in [0.1, 0.15) is 5.75 Å². The van der Waals surface area contributed by atoms with Crippen LogP contribution < -0.4 is 0 Å². The van der Waals surface area contributed by atoms with E-state index in [1.54, 1.807) is 0 Å². The van der Waals surface area contributed by atoms with E-state index >= 15 is 0 Å². The zero-order chi connectivity index (χ0) is 18.2. The molecular formula is C17H15F3N2O3. The molecule has 1 aliphatic heterocycles. The number of aromatic nitrogens is 1. The SMILES string of the molecule is O=C(c1cncc(O)c1)N1C[C@@H](O)C[C@@H]1c1cccc(C(F)(F)F)c1. The second-order valence-corrected chi connectivity index (χ2v) is 5.92. The third-order valence-corrected chi connectivity index (χ3v) is 4.11. The van der Waals surface area contributed by atoms with Crippen LogP contribution in [0, 0.1) is 0 Å². The molecule has 0 spiro atoms. The number of carbonyl (C=O) groups excluding carboxylic acids is 1. The molecule has 8 heteroatoms. The molecule has 0 unspecified atom stereocenters. The summed E-state index contributed by atoms with van der Waals surface area (Å²) < 4.78 is 38.8. The van der Waals surface area contributed by atoms with Gasteiger partial charge in [-0.25, -0.2) is 0 Å². The highest BCUT2D eigenvalue weighted by atomic mass is 19.4. The number of nitrogens with zero attached hydrogens (tertiary/aromatic N) is 2. The van der Waals surface area contributed by atoms with Crippen LogP contribution in [0.4, 0.5) is 13.2 Å². The van der Waals surface area contributed by atoms with Crippen molar-refractivity contribution < 1.29 is 28.2 Å². The maximum Gasteiger partial charge on any atom is 0.416 e. The molecule has 0 radical (unpaired) electrons. The van der Waals surface area contributed by atoms with Gasteiger partial charge in [-0.2, -0.15) is 13.2 Å². The van der Waals surface area contributed by atoms with Crippen LogP contribution in [0.25, 0.3) is 0 Å². The minimum absolute atomic E-state index is 0.00456. The summed E-state index contributed by atoms with van der Waals surface area (Å²) >= 11 is 0. The van der Waals surface area contributed by atoms with Gasteiger partial charge in [0.05, 0.1) is 29.5 Å². The van der Waals surface area contributed by atoms with Crippen LogP contribution in [0.1, 0.15) is 33.9 Å². The molecule has 0 saturated carbocycles. The van der Waals surface area contributed by atoms with Crippen molar-refractivity contribution in [3.8, 4) is 5.75 Å². The van der Waals surface area contributed by atoms with Gasteiger partial charge in [-0.15, -0.1) is 0 Å². The zero-order valence-corrected chi connectivity index (χ0v) is 12.9. The highest BCUT2D eigenvalue weighted by Gasteiger charge is 2.37. The first-order valence-electron chi connectivity index (χ1n) is 7.56. The molecule has 1 fully saturated rings. The van der Waals surface area contributed by atoms with Crippen LogP contribution in [0.5, 0.6) is 5.75 Å². The Bertz CT molecular complexity index is 795.